The van der Waals surface area contributed by atoms with Crippen LogP contribution in [-0.4, -0.2) is 50.8 Å². The molecule has 4 rings (SSSR count). The molecule has 2 heterocycles. The molecule has 1 unspecified atom stereocenters. The molecule has 9 nitrogen and oxygen atoms in total. The summed E-state index contributed by atoms with van der Waals surface area (Å²) in [6, 6.07) is 9.58. The molecule has 2 amide bonds. The highest BCUT2D eigenvalue weighted by Gasteiger charge is 2.30. The summed E-state index contributed by atoms with van der Waals surface area (Å²) in [4.78, 5) is 39.1. The van der Waals surface area contributed by atoms with Gasteiger partial charge in [0.1, 0.15) is 13.2 Å². The zero-order valence-corrected chi connectivity index (χ0v) is 17.2. The summed E-state index contributed by atoms with van der Waals surface area (Å²) in [6.45, 7) is 2.02. The minimum absolute atomic E-state index is 0.133. The second kappa shape index (κ2) is 8.55. The van der Waals surface area contributed by atoms with Crippen LogP contribution in [0.4, 0.5) is 11.4 Å². The lowest BCUT2D eigenvalue weighted by Crippen LogP contribution is -2.41. The molecule has 0 fully saturated rings. The largest absolute Gasteiger partial charge is 0.493 e. The van der Waals surface area contributed by atoms with Gasteiger partial charge >= 0.3 is 5.97 Å². The average molecular weight is 426 g/mol. The lowest BCUT2D eigenvalue weighted by molar-refractivity contribution is -0.122. The van der Waals surface area contributed by atoms with Gasteiger partial charge in [-0.2, -0.15) is 0 Å². The fraction of sp³-hybridized carbons (Fsp3) is 0.318. The summed E-state index contributed by atoms with van der Waals surface area (Å²) < 4.78 is 21.6. The third-order valence-corrected chi connectivity index (χ3v) is 5.02. The molecule has 162 valence electrons. The van der Waals surface area contributed by atoms with Gasteiger partial charge in [0.2, 0.25) is 11.7 Å². The maximum Gasteiger partial charge on any atom is 0.338 e. The number of benzene rings is 2. The van der Waals surface area contributed by atoms with Crippen molar-refractivity contribution in [2.45, 2.75) is 19.4 Å². The van der Waals surface area contributed by atoms with Crippen LogP contribution in [0.1, 0.15) is 23.7 Å². The third kappa shape index (κ3) is 4.11. The van der Waals surface area contributed by atoms with Crippen molar-refractivity contribution in [1.82, 2.24) is 0 Å². The fourth-order valence-electron chi connectivity index (χ4n) is 3.64. The Balaban J connectivity index is 1.51. The number of ether oxygens (including phenoxy) is 4. The van der Waals surface area contributed by atoms with Crippen LogP contribution in [0.25, 0.3) is 0 Å². The minimum Gasteiger partial charge on any atom is -0.493 e. The van der Waals surface area contributed by atoms with Gasteiger partial charge in [-0.15, -0.1) is 0 Å². The fourth-order valence-corrected chi connectivity index (χ4v) is 3.64. The Hall–Kier alpha value is -3.75. The number of carbonyl (C=O) groups excluding carboxylic acids is 3. The topological polar surface area (TPSA) is 103 Å². The molecular formula is C22H22N2O7. The highest BCUT2D eigenvalue weighted by molar-refractivity contribution is 6.05. The Morgan fingerprint density at radius 3 is 2.77 bits per heavy atom. The SMILES string of the molecule is COc1cc(C(=O)OCC(=O)N2c3ccccc3NC(=O)CC2C)cc2c1OCCO2. The number of nitrogens with zero attached hydrogens (tertiary/aromatic N) is 1. The van der Waals surface area contributed by atoms with Gasteiger partial charge in [-0.05, 0) is 31.2 Å². The van der Waals surface area contributed by atoms with E-state index in [2.05, 4.69) is 5.32 Å². The van der Waals surface area contributed by atoms with Gasteiger partial charge in [0, 0.05) is 12.5 Å². The van der Waals surface area contributed by atoms with Crippen LogP contribution in [0, 0.1) is 0 Å². The van der Waals surface area contributed by atoms with Gasteiger partial charge in [0.25, 0.3) is 5.91 Å². The van der Waals surface area contributed by atoms with Crippen molar-refractivity contribution >= 4 is 29.2 Å². The lowest BCUT2D eigenvalue weighted by atomic mass is 10.1. The molecule has 2 aliphatic rings. The quantitative estimate of drug-likeness (QED) is 0.749. The summed E-state index contributed by atoms with van der Waals surface area (Å²) in [5.74, 6) is -0.175. The Bertz CT molecular complexity index is 1020. The molecule has 2 aromatic rings. The molecule has 2 aliphatic heterocycles. The summed E-state index contributed by atoms with van der Waals surface area (Å²) >= 11 is 0. The molecule has 9 heteroatoms. The number of anilines is 2. The van der Waals surface area contributed by atoms with Gasteiger partial charge in [0.15, 0.2) is 18.1 Å². The Morgan fingerprint density at radius 2 is 1.97 bits per heavy atom. The summed E-state index contributed by atoms with van der Waals surface area (Å²) in [5, 5.41) is 2.79. The number of methoxy groups -OCH3 is 1. The second-order valence-electron chi connectivity index (χ2n) is 7.16. The summed E-state index contributed by atoms with van der Waals surface area (Å²) in [6.07, 6.45) is 0.133. The van der Waals surface area contributed by atoms with Crippen LogP contribution < -0.4 is 24.4 Å². The maximum atomic E-state index is 13.0. The molecule has 0 bridgehead atoms. The van der Waals surface area contributed by atoms with Gasteiger partial charge in [-0.3, -0.25) is 9.59 Å². The molecule has 2 aromatic carbocycles. The van der Waals surface area contributed by atoms with E-state index in [-0.39, 0.29) is 17.9 Å². The highest BCUT2D eigenvalue weighted by atomic mass is 16.6. The molecule has 0 radical (unpaired) electrons. The van der Waals surface area contributed by atoms with Crippen LogP contribution in [0.2, 0.25) is 0 Å². The molecular weight excluding hydrogens is 404 g/mol. The first-order chi connectivity index (χ1) is 15.0. The predicted molar refractivity (Wildman–Crippen MR) is 111 cm³/mol. The predicted octanol–water partition coefficient (Wildman–Crippen LogP) is 2.39. The molecule has 1 atom stereocenters. The van der Waals surface area contributed by atoms with E-state index in [0.29, 0.717) is 41.8 Å². The Morgan fingerprint density at radius 1 is 1.19 bits per heavy atom. The maximum absolute atomic E-state index is 13.0. The van der Waals surface area contributed by atoms with Crippen LogP contribution in [0.3, 0.4) is 0 Å². The van der Waals surface area contributed by atoms with Crippen molar-refractivity contribution in [2.24, 2.45) is 0 Å². The smallest absolute Gasteiger partial charge is 0.338 e. The van der Waals surface area contributed by atoms with Gasteiger partial charge in [-0.1, -0.05) is 12.1 Å². The molecule has 0 aromatic heterocycles. The van der Waals surface area contributed by atoms with E-state index >= 15 is 0 Å². The number of amides is 2. The number of carbonyl (C=O) groups is 3. The van der Waals surface area contributed by atoms with Gasteiger partial charge in [0.05, 0.1) is 24.0 Å². The van der Waals surface area contributed by atoms with E-state index in [9.17, 15) is 14.4 Å². The first-order valence-corrected chi connectivity index (χ1v) is 9.83. The summed E-state index contributed by atoms with van der Waals surface area (Å²) in [7, 11) is 1.46. The number of esters is 1. The monoisotopic (exact) mass is 426 g/mol. The van der Waals surface area contributed by atoms with Crippen LogP contribution >= 0.6 is 0 Å². The Labute approximate surface area is 178 Å². The zero-order chi connectivity index (χ0) is 22.0. The van der Waals surface area contributed by atoms with E-state index in [1.54, 1.807) is 31.2 Å². The van der Waals surface area contributed by atoms with E-state index in [4.69, 9.17) is 18.9 Å². The van der Waals surface area contributed by atoms with Crippen molar-refractivity contribution < 1.29 is 33.3 Å². The van der Waals surface area contributed by atoms with Crippen molar-refractivity contribution in [1.29, 1.82) is 0 Å². The normalized spacial score (nSPS) is 17.2. The van der Waals surface area contributed by atoms with E-state index in [1.165, 1.54) is 24.1 Å². The zero-order valence-electron chi connectivity index (χ0n) is 17.2. The van der Waals surface area contributed by atoms with Crippen LogP contribution in [0.5, 0.6) is 17.2 Å². The molecule has 0 saturated carbocycles. The van der Waals surface area contributed by atoms with E-state index in [1.807, 2.05) is 0 Å². The van der Waals surface area contributed by atoms with Crippen molar-refractivity contribution in [3.63, 3.8) is 0 Å². The Kier molecular flexibility index (Phi) is 5.66. The number of nitrogens with one attached hydrogen (secondary N) is 1. The standard InChI is InChI=1S/C22H22N2O7/c1-13-9-19(25)23-15-5-3-4-6-16(15)24(13)20(26)12-31-22(27)14-10-17(28-2)21-18(11-14)29-7-8-30-21/h3-6,10-11,13H,7-9,12H2,1-2H3,(H,23,25). The molecule has 0 aliphatic carbocycles. The van der Waals surface area contributed by atoms with Crippen LogP contribution in [-0.2, 0) is 14.3 Å². The molecule has 1 N–H and O–H groups in total. The highest BCUT2D eigenvalue weighted by Crippen LogP contribution is 2.40. The third-order valence-electron chi connectivity index (χ3n) is 5.02. The minimum atomic E-state index is -0.700. The van der Waals surface area contributed by atoms with Gasteiger partial charge < -0.3 is 29.2 Å². The van der Waals surface area contributed by atoms with E-state index < -0.39 is 24.5 Å². The van der Waals surface area contributed by atoms with Gasteiger partial charge in [-0.25, -0.2) is 4.79 Å². The number of para-hydroxylation sites is 2. The molecule has 31 heavy (non-hydrogen) atoms. The number of rotatable bonds is 4. The number of fused-ring (bicyclic) bond motifs is 2. The molecule has 0 spiro atoms. The number of hydrogen-bond donors (Lipinski definition) is 1. The van der Waals surface area contributed by atoms with E-state index in [0.717, 1.165) is 0 Å². The molecule has 0 saturated heterocycles. The second-order valence-corrected chi connectivity index (χ2v) is 7.16. The van der Waals surface area contributed by atoms with Crippen LogP contribution in [0.15, 0.2) is 36.4 Å². The first-order valence-electron chi connectivity index (χ1n) is 9.83. The van der Waals surface area contributed by atoms with Crippen molar-refractivity contribution in [2.75, 3.05) is 37.1 Å². The lowest BCUT2D eigenvalue weighted by Gasteiger charge is -2.27. The van der Waals surface area contributed by atoms with Crippen molar-refractivity contribution in [3.05, 3.63) is 42.0 Å². The number of hydrogen-bond acceptors (Lipinski definition) is 7. The first kappa shape index (κ1) is 20.5. The van der Waals surface area contributed by atoms with Crippen molar-refractivity contribution in [3.8, 4) is 17.2 Å². The average Bonchev–Trinajstić information content (AvgIpc) is 2.90. The summed E-state index contributed by atoms with van der Waals surface area (Å²) in [5.41, 5.74) is 1.27.